The van der Waals surface area contributed by atoms with Gasteiger partial charge >= 0.3 is 12.2 Å². The van der Waals surface area contributed by atoms with Gasteiger partial charge in [-0.3, -0.25) is 15.6 Å². The molecule has 9 heteroatoms. The number of amides is 2. The number of nitrogens with zero attached hydrogens (tertiary/aromatic N) is 2. The lowest BCUT2D eigenvalue weighted by atomic mass is 10.2. The van der Waals surface area contributed by atoms with Gasteiger partial charge in [0.15, 0.2) is 6.19 Å². The number of hydrogen-bond donors (Lipinski definition) is 3. The van der Waals surface area contributed by atoms with Crippen LogP contribution in [0, 0.1) is 11.5 Å². The summed E-state index contributed by atoms with van der Waals surface area (Å²) in [4.78, 5) is 28.0. The molecule has 0 aromatic rings. The van der Waals surface area contributed by atoms with Crippen molar-refractivity contribution in [2.24, 2.45) is 4.99 Å². The molecule has 0 aromatic heterocycles. The SMILES string of the molecule is CC(C)(C)OC(=O)NC(=NCCCCCNC#N)NC(=O)OC(C)(C)C. The van der Waals surface area contributed by atoms with E-state index in [1.165, 1.54) is 0 Å². The molecule has 0 bridgehead atoms. The number of guanidine groups is 1. The van der Waals surface area contributed by atoms with E-state index in [1.54, 1.807) is 41.5 Å². The lowest BCUT2D eigenvalue weighted by molar-refractivity contribution is 0.0545. The highest BCUT2D eigenvalue weighted by Gasteiger charge is 2.21. The van der Waals surface area contributed by atoms with Crippen molar-refractivity contribution in [1.29, 1.82) is 5.26 Å². The van der Waals surface area contributed by atoms with Crippen LogP contribution in [0.15, 0.2) is 4.99 Å². The molecule has 148 valence electrons. The Morgan fingerprint density at radius 1 is 0.923 bits per heavy atom. The maximum Gasteiger partial charge on any atom is 0.414 e. The second-order valence-electron chi connectivity index (χ2n) is 7.58. The van der Waals surface area contributed by atoms with Crippen molar-refractivity contribution in [2.45, 2.75) is 72.0 Å². The monoisotopic (exact) mass is 369 g/mol. The smallest absolute Gasteiger partial charge is 0.414 e. The summed E-state index contributed by atoms with van der Waals surface area (Å²) in [5.41, 5.74) is -1.34. The minimum atomic E-state index is -0.717. The van der Waals surface area contributed by atoms with E-state index >= 15 is 0 Å². The Kier molecular flexibility index (Phi) is 10.1. The molecule has 0 unspecified atom stereocenters. The number of alkyl carbamates (subject to hydrolysis) is 2. The quantitative estimate of drug-likeness (QED) is 0.217. The number of carbonyl (C=O) groups excluding carboxylic acids is 2. The third-order valence-electron chi connectivity index (χ3n) is 2.55. The van der Waals surface area contributed by atoms with Crippen LogP contribution in [-0.4, -0.2) is 42.4 Å². The van der Waals surface area contributed by atoms with E-state index in [1.807, 2.05) is 6.19 Å². The van der Waals surface area contributed by atoms with Gasteiger partial charge in [-0.25, -0.2) is 9.59 Å². The summed E-state index contributed by atoms with van der Waals surface area (Å²) in [6.45, 7) is 11.4. The maximum absolute atomic E-state index is 11.9. The molecule has 0 rings (SSSR count). The Morgan fingerprint density at radius 2 is 1.42 bits per heavy atom. The summed E-state index contributed by atoms with van der Waals surface area (Å²) in [5.74, 6) is -0.0244. The molecule has 0 heterocycles. The van der Waals surface area contributed by atoms with Crippen LogP contribution in [0.1, 0.15) is 60.8 Å². The fraction of sp³-hybridized carbons (Fsp3) is 0.765. The van der Waals surface area contributed by atoms with Gasteiger partial charge in [-0.1, -0.05) is 0 Å². The van der Waals surface area contributed by atoms with Gasteiger partial charge < -0.3 is 14.8 Å². The molecule has 3 N–H and O–H groups in total. The Labute approximate surface area is 155 Å². The summed E-state index contributed by atoms with van der Waals surface area (Å²) >= 11 is 0. The Bertz CT molecular complexity index is 495. The van der Waals surface area contributed by atoms with Crippen LogP contribution in [0.25, 0.3) is 0 Å². The van der Waals surface area contributed by atoms with Gasteiger partial charge in [0.05, 0.1) is 0 Å². The average molecular weight is 369 g/mol. The molecule has 0 aliphatic rings. The number of rotatable bonds is 6. The molecule has 0 saturated carbocycles. The normalized spacial score (nSPS) is 11.0. The fourth-order valence-corrected chi connectivity index (χ4v) is 1.66. The second kappa shape index (κ2) is 11.2. The standard InChI is InChI=1S/C17H31N5O4/c1-16(2,3)25-14(23)21-13(22-15(24)26-17(4,5)6)20-11-9-7-8-10-19-12-18/h19H,7-11H2,1-6H3,(H2,20,21,22,23,24). The Hall–Kier alpha value is -2.50. The second-order valence-corrected chi connectivity index (χ2v) is 7.58. The zero-order valence-corrected chi connectivity index (χ0v) is 16.6. The highest BCUT2D eigenvalue weighted by molar-refractivity contribution is 6.01. The maximum atomic E-state index is 11.9. The molecule has 0 fully saturated rings. The number of nitrogens with one attached hydrogen (secondary N) is 3. The molecular weight excluding hydrogens is 338 g/mol. The topological polar surface area (TPSA) is 125 Å². The molecule has 0 spiro atoms. The summed E-state index contributed by atoms with van der Waals surface area (Å²) in [6, 6.07) is 0. The van der Waals surface area contributed by atoms with Crippen LogP contribution < -0.4 is 16.0 Å². The third kappa shape index (κ3) is 15.1. The average Bonchev–Trinajstić information content (AvgIpc) is 2.41. The van der Waals surface area contributed by atoms with E-state index in [-0.39, 0.29) is 5.96 Å². The molecule has 0 radical (unpaired) electrons. The van der Waals surface area contributed by atoms with E-state index in [4.69, 9.17) is 14.7 Å². The highest BCUT2D eigenvalue weighted by atomic mass is 16.6. The van der Waals surface area contributed by atoms with Crippen molar-refractivity contribution in [3.8, 4) is 6.19 Å². The van der Waals surface area contributed by atoms with Crippen LogP contribution in [-0.2, 0) is 9.47 Å². The molecule has 2 amide bonds. The van der Waals surface area contributed by atoms with Gasteiger partial charge in [0.25, 0.3) is 0 Å². The largest absolute Gasteiger partial charge is 0.444 e. The van der Waals surface area contributed by atoms with Crippen LogP contribution in [0.5, 0.6) is 0 Å². The van der Waals surface area contributed by atoms with Crippen molar-refractivity contribution in [2.75, 3.05) is 13.1 Å². The lowest BCUT2D eigenvalue weighted by Crippen LogP contribution is -2.47. The Balaban J connectivity index is 4.67. The third-order valence-corrected chi connectivity index (χ3v) is 2.55. The van der Waals surface area contributed by atoms with E-state index in [0.717, 1.165) is 19.3 Å². The number of hydrogen-bond acceptors (Lipinski definition) is 7. The van der Waals surface area contributed by atoms with E-state index in [2.05, 4.69) is 20.9 Å². The number of aliphatic imine (C=N–C) groups is 1. The number of unbranched alkanes of at least 4 members (excludes halogenated alkanes) is 2. The Morgan fingerprint density at radius 3 is 1.85 bits per heavy atom. The minimum Gasteiger partial charge on any atom is -0.444 e. The fourth-order valence-electron chi connectivity index (χ4n) is 1.66. The van der Waals surface area contributed by atoms with Gasteiger partial charge in [0.1, 0.15) is 11.2 Å². The van der Waals surface area contributed by atoms with E-state index < -0.39 is 23.4 Å². The van der Waals surface area contributed by atoms with Gasteiger partial charge in [-0.15, -0.1) is 0 Å². The predicted octanol–water partition coefficient (Wildman–Crippen LogP) is 2.63. The number of ether oxygens (including phenoxy) is 2. The van der Waals surface area contributed by atoms with Crippen molar-refractivity contribution in [3.05, 3.63) is 0 Å². The molecule has 26 heavy (non-hydrogen) atoms. The molecule has 0 atom stereocenters. The van der Waals surface area contributed by atoms with Crippen LogP contribution >= 0.6 is 0 Å². The van der Waals surface area contributed by atoms with Crippen molar-refractivity contribution >= 4 is 18.1 Å². The van der Waals surface area contributed by atoms with E-state index in [9.17, 15) is 9.59 Å². The molecule has 0 aliphatic heterocycles. The first-order valence-electron chi connectivity index (χ1n) is 8.59. The summed E-state index contributed by atoms with van der Waals surface area (Å²) in [7, 11) is 0. The summed E-state index contributed by atoms with van der Waals surface area (Å²) < 4.78 is 10.3. The summed E-state index contributed by atoms with van der Waals surface area (Å²) in [6.07, 6.45) is 2.84. The first-order valence-corrected chi connectivity index (χ1v) is 8.59. The molecular formula is C17H31N5O4. The zero-order chi connectivity index (χ0) is 20.2. The predicted molar refractivity (Wildman–Crippen MR) is 98.5 cm³/mol. The van der Waals surface area contributed by atoms with Crippen molar-refractivity contribution in [3.63, 3.8) is 0 Å². The van der Waals surface area contributed by atoms with Crippen LogP contribution in [0.4, 0.5) is 9.59 Å². The molecule has 0 aliphatic carbocycles. The zero-order valence-electron chi connectivity index (χ0n) is 16.6. The van der Waals surface area contributed by atoms with Gasteiger partial charge in [0, 0.05) is 13.1 Å². The number of nitriles is 1. The molecule has 9 nitrogen and oxygen atoms in total. The number of carbonyl (C=O) groups is 2. The first kappa shape index (κ1) is 23.5. The summed E-state index contributed by atoms with van der Waals surface area (Å²) in [5, 5.41) is 15.8. The van der Waals surface area contributed by atoms with Gasteiger partial charge in [-0.05, 0) is 60.8 Å². The van der Waals surface area contributed by atoms with Crippen molar-refractivity contribution in [1.82, 2.24) is 16.0 Å². The van der Waals surface area contributed by atoms with Crippen molar-refractivity contribution < 1.29 is 19.1 Å². The van der Waals surface area contributed by atoms with Crippen LogP contribution in [0.2, 0.25) is 0 Å². The van der Waals surface area contributed by atoms with Gasteiger partial charge in [-0.2, -0.15) is 5.26 Å². The molecule has 0 saturated heterocycles. The van der Waals surface area contributed by atoms with Gasteiger partial charge in [0.2, 0.25) is 5.96 Å². The first-order chi connectivity index (χ1) is 11.9. The minimum absolute atomic E-state index is 0.0244. The van der Waals surface area contributed by atoms with E-state index in [0.29, 0.717) is 13.1 Å². The molecule has 0 aromatic carbocycles. The highest BCUT2D eigenvalue weighted by Crippen LogP contribution is 2.07. The lowest BCUT2D eigenvalue weighted by Gasteiger charge is -2.22. The van der Waals surface area contributed by atoms with Crippen LogP contribution in [0.3, 0.4) is 0 Å².